The Morgan fingerprint density at radius 2 is 1.47 bits per heavy atom. The molecule has 0 bridgehead atoms. The molecule has 1 heterocycles. The van der Waals surface area contributed by atoms with Gasteiger partial charge in [0.2, 0.25) is 10.0 Å². The van der Waals surface area contributed by atoms with E-state index in [0.29, 0.717) is 28.5 Å². The third kappa shape index (κ3) is 5.17. The number of nitrogens with one attached hydrogen (secondary N) is 1. The first-order chi connectivity index (χ1) is 17.2. The summed E-state index contributed by atoms with van der Waals surface area (Å²) in [6.07, 6.45) is 0.243. The summed E-state index contributed by atoms with van der Waals surface area (Å²) in [5, 5.41) is 4.53. The highest BCUT2D eigenvalue weighted by Gasteiger charge is 2.38. The summed E-state index contributed by atoms with van der Waals surface area (Å²) in [6, 6.07) is 19.4. The van der Waals surface area contributed by atoms with Crippen LogP contribution in [0.2, 0.25) is 0 Å². The SMILES string of the molecule is CCS(=O)(=O)Nc1ccccc1C1=NN(S(=O)(=O)c2ccc(OC)cc2)[C@H](c2ccc(OC)cc2)C1. The minimum atomic E-state index is -4.05. The van der Waals surface area contributed by atoms with Crippen molar-refractivity contribution in [2.24, 2.45) is 5.10 Å². The van der Waals surface area contributed by atoms with Crippen LogP contribution in [-0.2, 0) is 20.0 Å². The second-order valence-corrected chi connectivity index (χ2v) is 11.9. The lowest BCUT2D eigenvalue weighted by Crippen LogP contribution is -2.27. The average Bonchev–Trinajstić information content (AvgIpc) is 3.35. The first-order valence-electron chi connectivity index (χ1n) is 11.2. The summed E-state index contributed by atoms with van der Waals surface area (Å²) in [7, 11) is -4.54. The number of methoxy groups -OCH3 is 2. The summed E-state index contributed by atoms with van der Waals surface area (Å²) in [5.41, 5.74) is 2.02. The van der Waals surface area contributed by atoms with E-state index in [-0.39, 0.29) is 17.1 Å². The quantitative estimate of drug-likeness (QED) is 0.448. The van der Waals surface area contributed by atoms with Crippen LogP contribution < -0.4 is 14.2 Å². The molecule has 0 fully saturated rings. The monoisotopic (exact) mass is 529 g/mol. The zero-order chi connectivity index (χ0) is 25.9. The molecule has 3 aromatic carbocycles. The van der Waals surface area contributed by atoms with Crippen LogP contribution in [0.4, 0.5) is 5.69 Å². The Balaban J connectivity index is 1.80. The predicted molar refractivity (Wildman–Crippen MR) is 138 cm³/mol. The summed E-state index contributed by atoms with van der Waals surface area (Å²) < 4.78 is 66.0. The molecule has 0 aromatic heterocycles. The molecule has 0 radical (unpaired) electrons. The maximum absolute atomic E-state index is 13.7. The number of nitrogens with zero attached hydrogens (tertiary/aromatic N) is 2. The van der Waals surface area contributed by atoms with Crippen molar-refractivity contribution >= 4 is 31.4 Å². The highest BCUT2D eigenvalue weighted by Crippen LogP contribution is 2.39. The first-order valence-corrected chi connectivity index (χ1v) is 14.3. The lowest BCUT2D eigenvalue weighted by atomic mass is 9.98. The number of hydrogen-bond acceptors (Lipinski definition) is 7. The third-order valence-corrected chi connectivity index (χ3v) is 8.85. The largest absolute Gasteiger partial charge is 0.497 e. The van der Waals surface area contributed by atoms with Crippen LogP contribution in [-0.4, -0.2) is 46.9 Å². The Morgan fingerprint density at radius 1 is 0.889 bits per heavy atom. The van der Waals surface area contributed by atoms with E-state index in [9.17, 15) is 16.8 Å². The number of ether oxygens (including phenoxy) is 2. The first kappa shape index (κ1) is 25.5. The fourth-order valence-electron chi connectivity index (χ4n) is 3.87. The van der Waals surface area contributed by atoms with Gasteiger partial charge in [0.25, 0.3) is 10.0 Å². The molecule has 0 aliphatic carbocycles. The molecule has 11 heteroatoms. The maximum atomic E-state index is 13.7. The fraction of sp³-hybridized carbons (Fsp3) is 0.240. The molecule has 190 valence electrons. The van der Waals surface area contributed by atoms with Gasteiger partial charge in [0.15, 0.2) is 0 Å². The van der Waals surface area contributed by atoms with Gasteiger partial charge in [-0.3, -0.25) is 4.72 Å². The van der Waals surface area contributed by atoms with E-state index in [1.165, 1.54) is 19.2 Å². The Bertz CT molecular complexity index is 1470. The summed E-state index contributed by atoms with van der Waals surface area (Å²) in [6.45, 7) is 1.54. The molecular formula is C25H27N3O6S2. The summed E-state index contributed by atoms with van der Waals surface area (Å²) in [4.78, 5) is 0.0618. The van der Waals surface area contributed by atoms with Gasteiger partial charge in [-0.1, -0.05) is 30.3 Å². The van der Waals surface area contributed by atoms with Gasteiger partial charge in [-0.05, 0) is 55.0 Å². The van der Waals surface area contributed by atoms with E-state index < -0.39 is 26.1 Å². The zero-order valence-electron chi connectivity index (χ0n) is 20.1. The molecular weight excluding hydrogens is 502 g/mol. The number of sulfonamides is 2. The van der Waals surface area contributed by atoms with Gasteiger partial charge < -0.3 is 9.47 Å². The van der Waals surface area contributed by atoms with Gasteiger partial charge in [-0.15, -0.1) is 0 Å². The van der Waals surface area contributed by atoms with Gasteiger partial charge in [0.1, 0.15) is 11.5 Å². The molecule has 0 unspecified atom stereocenters. The highest BCUT2D eigenvalue weighted by molar-refractivity contribution is 7.92. The molecule has 0 spiro atoms. The van der Waals surface area contributed by atoms with Crippen LogP contribution in [0.25, 0.3) is 0 Å². The van der Waals surface area contributed by atoms with Gasteiger partial charge >= 0.3 is 0 Å². The zero-order valence-corrected chi connectivity index (χ0v) is 21.7. The van der Waals surface area contributed by atoms with E-state index in [1.54, 1.807) is 74.7 Å². The summed E-state index contributed by atoms with van der Waals surface area (Å²) in [5.74, 6) is 1.07. The van der Waals surface area contributed by atoms with Crippen molar-refractivity contribution in [1.29, 1.82) is 0 Å². The van der Waals surface area contributed by atoms with Gasteiger partial charge in [-0.2, -0.15) is 17.9 Å². The molecule has 1 N–H and O–H groups in total. The Labute approximate surface area is 211 Å². The van der Waals surface area contributed by atoms with E-state index in [4.69, 9.17) is 9.47 Å². The molecule has 36 heavy (non-hydrogen) atoms. The number of para-hydroxylation sites is 1. The van der Waals surface area contributed by atoms with Crippen molar-refractivity contribution in [1.82, 2.24) is 4.41 Å². The van der Waals surface area contributed by atoms with Crippen molar-refractivity contribution in [2.75, 3.05) is 24.7 Å². The second-order valence-electron chi connectivity index (χ2n) is 8.04. The van der Waals surface area contributed by atoms with Crippen LogP contribution >= 0.6 is 0 Å². The highest BCUT2D eigenvalue weighted by atomic mass is 32.2. The summed E-state index contributed by atoms with van der Waals surface area (Å²) >= 11 is 0. The Morgan fingerprint density at radius 3 is 2.06 bits per heavy atom. The number of hydrogen-bond donors (Lipinski definition) is 1. The molecule has 0 saturated carbocycles. The number of benzene rings is 3. The van der Waals surface area contributed by atoms with E-state index in [0.717, 1.165) is 9.98 Å². The van der Waals surface area contributed by atoms with Gasteiger partial charge in [-0.25, -0.2) is 8.42 Å². The average molecular weight is 530 g/mol. The molecule has 9 nitrogen and oxygen atoms in total. The van der Waals surface area contributed by atoms with E-state index in [2.05, 4.69) is 9.82 Å². The number of rotatable bonds is 9. The standard InChI is InChI=1S/C25H27N3O6S2/c1-4-35(29,30)27-23-8-6-5-7-22(23)24-17-25(18-9-11-19(33-2)12-10-18)28(26-24)36(31,32)21-15-13-20(34-3)14-16-21/h5-16,25,27H,4,17H2,1-3H3/t25-/m0/s1. The van der Waals surface area contributed by atoms with Crippen molar-refractivity contribution in [3.8, 4) is 11.5 Å². The lowest BCUT2D eigenvalue weighted by Gasteiger charge is -2.23. The van der Waals surface area contributed by atoms with Gasteiger partial charge in [0.05, 0.1) is 42.3 Å². The minimum absolute atomic E-state index is 0.0618. The normalized spacial score (nSPS) is 15.9. The van der Waals surface area contributed by atoms with Crippen LogP contribution in [0.1, 0.15) is 30.5 Å². The fourth-order valence-corrected chi connectivity index (χ4v) is 5.96. The van der Waals surface area contributed by atoms with Crippen molar-refractivity contribution in [3.63, 3.8) is 0 Å². The molecule has 0 saturated heterocycles. The molecule has 4 rings (SSSR count). The van der Waals surface area contributed by atoms with Crippen LogP contribution in [0.3, 0.4) is 0 Å². The van der Waals surface area contributed by atoms with Crippen LogP contribution in [0, 0.1) is 0 Å². The van der Waals surface area contributed by atoms with Crippen LogP contribution in [0.15, 0.2) is 82.8 Å². The minimum Gasteiger partial charge on any atom is -0.497 e. The second kappa shape index (κ2) is 10.2. The van der Waals surface area contributed by atoms with E-state index >= 15 is 0 Å². The third-order valence-electron chi connectivity index (χ3n) is 5.86. The Kier molecular flexibility index (Phi) is 7.23. The van der Waals surface area contributed by atoms with Crippen LogP contribution in [0.5, 0.6) is 11.5 Å². The Hall–Kier alpha value is -3.57. The maximum Gasteiger partial charge on any atom is 0.279 e. The van der Waals surface area contributed by atoms with E-state index in [1.807, 2.05) is 0 Å². The smallest absolute Gasteiger partial charge is 0.279 e. The van der Waals surface area contributed by atoms with Gasteiger partial charge in [0, 0.05) is 12.0 Å². The van der Waals surface area contributed by atoms with Crippen molar-refractivity contribution < 1.29 is 26.3 Å². The molecule has 1 aliphatic heterocycles. The predicted octanol–water partition coefficient (Wildman–Crippen LogP) is 4.01. The topological polar surface area (TPSA) is 114 Å². The number of anilines is 1. The number of hydrazone groups is 1. The molecule has 0 amide bonds. The molecule has 3 aromatic rings. The molecule has 1 atom stereocenters. The molecule has 1 aliphatic rings. The van der Waals surface area contributed by atoms with Crippen molar-refractivity contribution in [3.05, 3.63) is 83.9 Å². The van der Waals surface area contributed by atoms with Crippen molar-refractivity contribution in [2.45, 2.75) is 24.3 Å². The lowest BCUT2D eigenvalue weighted by molar-refractivity contribution is 0.370.